The quantitative estimate of drug-likeness (QED) is 0.893. The lowest BCUT2D eigenvalue weighted by Crippen LogP contribution is -2.84. The van der Waals surface area contributed by atoms with Crippen LogP contribution >= 0.6 is 0 Å². The summed E-state index contributed by atoms with van der Waals surface area (Å²) in [6.45, 7) is 2.84. The molecule has 0 unspecified atom stereocenters. The summed E-state index contributed by atoms with van der Waals surface area (Å²) in [5.74, 6) is 1.97. The van der Waals surface area contributed by atoms with E-state index in [2.05, 4.69) is 23.5 Å². The fourth-order valence-corrected chi connectivity index (χ4v) is 2.49. The minimum atomic E-state index is 0.434. The third kappa shape index (κ3) is 3.25. The maximum absolute atomic E-state index is 5.86. The minimum absolute atomic E-state index is 0.434. The number of nitrogens with two attached hydrogens (primary N) is 1. The second-order valence-corrected chi connectivity index (χ2v) is 5.00. The monoisotopic (exact) mass is 258 g/mol. The van der Waals surface area contributed by atoms with Crippen molar-refractivity contribution in [3.05, 3.63) is 48.2 Å². The Balaban J connectivity index is 1.53. The Morgan fingerprint density at radius 3 is 2.79 bits per heavy atom. The normalized spacial score (nSPS) is 18.8. The van der Waals surface area contributed by atoms with E-state index in [-0.39, 0.29) is 0 Å². The highest BCUT2D eigenvalue weighted by Crippen LogP contribution is 2.21. The van der Waals surface area contributed by atoms with Gasteiger partial charge in [-0.15, -0.1) is 0 Å². The molecule has 3 heteroatoms. The van der Waals surface area contributed by atoms with Crippen molar-refractivity contribution >= 4 is 0 Å². The first-order valence-electron chi connectivity index (χ1n) is 6.99. The van der Waals surface area contributed by atoms with Gasteiger partial charge < -0.3 is 14.5 Å². The number of hydrogen-bond acceptors (Lipinski definition) is 2. The van der Waals surface area contributed by atoms with Crippen molar-refractivity contribution in [1.82, 2.24) is 0 Å². The summed E-state index contributed by atoms with van der Waals surface area (Å²) >= 11 is 0. The van der Waals surface area contributed by atoms with Gasteiger partial charge in [-0.3, -0.25) is 0 Å². The molecular formula is C16H20NO2+. The van der Waals surface area contributed by atoms with Crippen molar-refractivity contribution in [3.8, 4) is 11.3 Å². The Morgan fingerprint density at radius 1 is 1.11 bits per heavy atom. The maximum atomic E-state index is 5.86. The smallest absolute Gasteiger partial charge is 0.158 e. The molecule has 1 saturated heterocycles. The van der Waals surface area contributed by atoms with Gasteiger partial charge in [-0.2, -0.15) is 0 Å². The average Bonchev–Trinajstić information content (AvgIpc) is 3.11. The van der Waals surface area contributed by atoms with E-state index in [1.807, 2.05) is 24.3 Å². The van der Waals surface area contributed by atoms with Gasteiger partial charge in [0.15, 0.2) is 5.76 Å². The van der Waals surface area contributed by atoms with Crippen molar-refractivity contribution < 1.29 is 14.5 Å². The molecule has 3 nitrogen and oxygen atoms in total. The van der Waals surface area contributed by atoms with E-state index in [9.17, 15) is 0 Å². The third-order valence-electron chi connectivity index (χ3n) is 3.52. The molecule has 2 N–H and O–H groups in total. The Hall–Kier alpha value is -1.58. The molecule has 1 aromatic heterocycles. The fourth-order valence-electron chi connectivity index (χ4n) is 2.49. The van der Waals surface area contributed by atoms with E-state index >= 15 is 0 Å². The minimum Gasteiger partial charge on any atom is -0.455 e. The molecule has 2 aromatic rings. The van der Waals surface area contributed by atoms with Gasteiger partial charge >= 0.3 is 0 Å². The van der Waals surface area contributed by atoms with Crippen molar-refractivity contribution in [2.45, 2.75) is 25.5 Å². The van der Waals surface area contributed by atoms with E-state index in [0.717, 1.165) is 36.8 Å². The summed E-state index contributed by atoms with van der Waals surface area (Å²) in [5, 5.41) is 2.27. The Labute approximate surface area is 113 Å². The first kappa shape index (κ1) is 12.5. The van der Waals surface area contributed by atoms with Gasteiger partial charge in [-0.05, 0) is 25.0 Å². The highest BCUT2D eigenvalue weighted by molar-refractivity contribution is 5.57. The van der Waals surface area contributed by atoms with Gasteiger partial charge in [0, 0.05) is 12.2 Å². The van der Waals surface area contributed by atoms with Crippen molar-refractivity contribution in [2.75, 3.05) is 13.2 Å². The largest absolute Gasteiger partial charge is 0.455 e. The molecule has 0 spiro atoms. The zero-order chi connectivity index (χ0) is 12.9. The summed E-state index contributed by atoms with van der Waals surface area (Å²) < 4.78 is 11.5. The standard InChI is InChI=1S/C16H19NO2/c1-2-5-13(6-3-1)16-9-8-15(19-16)12-17-11-14-7-4-10-18-14/h1-3,5-6,8-9,14,17H,4,7,10-12H2/p+1/t14-/m0/s1. The number of furan rings is 1. The van der Waals surface area contributed by atoms with Crippen LogP contribution in [-0.2, 0) is 11.3 Å². The lowest BCUT2D eigenvalue weighted by atomic mass is 10.2. The van der Waals surface area contributed by atoms with Crippen LogP contribution in [0, 0.1) is 0 Å². The Kier molecular flexibility index (Phi) is 3.96. The molecule has 100 valence electrons. The molecule has 19 heavy (non-hydrogen) atoms. The SMILES string of the molecule is c1ccc(-c2ccc(C[NH2+]C[C@@H]3CCCO3)o2)cc1. The van der Waals surface area contributed by atoms with Crippen LogP contribution in [0.3, 0.4) is 0 Å². The second kappa shape index (κ2) is 6.04. The number of rotatable bonds is 5. The van der Waals surface area contributed by atoms with Crippen LogP contribution < -0.4 is 5.32 Å². The molecule has 0 radical (unpaired) electrons. The molecule has 1 aromatic carbocycles. The lowest BCUT2D eigenvalue weighted by molar-refractivity contribution is -0.677. The Bertz CT molecular complexity index is 500. The first-order valence-corrected chi connectivity index (χ1v) is 6.99. The van der Waals surface area contributed by atoms with Crippen molar-refractivity contribution in [1.29, 1.82) is 0 Å². The highest BCUT2D eigenvalue weighted by atomic mass is 16.5. The van der Waals surface area contributed by atoms with E-state index in [0.29, 0.717) is 6.10 Å². The summed E-state index contributed by atoms with van der Waals surface area (Å²) in [5.41, 5.74) is 1.13. The molecule has 2 heterocycles. The topological polar surface area (TPSA) is 39.0 Å². The third-order valence-corrected chi connectivity index (χ3v) is 3.52. The molecular weight excluding hydrogens is 238 g/mol. The number of benzene rings is 1. The molecule has 0 aliphatic carbocycles. The summed E-state index contributed by atoms with van der Waals surface area (Å²) in [6, 6.07) is 14.3. The second-order valence-electron chi connectivity index (χ2n) is 5.00. The van der Waals surface area contributed by atoms with Gasteiger partial charge in [0.25, 0.3) is 0 Å². The van der Waals surface area contributed by atoms with E-state index in [4.69, 9.17) is 9.15 Å². The summed E-state index contributed by atoms with van der Waals surface area (Å²) in [6.07, 6.45) is 2.84. The molecule has 1 aliphatic rings. The molecule has 1 fully saturated rings. The van der Waals surface area contributed by atoms with Crippen LogP contribution in [0.1, 0.15) is 18.6 Å². The molecule has 0 bridgehead atoms. The highest BCUT2D eigenvalue weighted by Gasteiger charge is 2.17. The Morgan fingerprint density at radius 2 is 2.00 bits per heavy atom. The summed E-state index contributed by atoms with van der Waals surface area (Å²) in [7, 11) is 0. The van der Waals surface area contributed by atoms with Gasteiger partial charge in [0.05, 0.1) is 0 Å². The predicted molar refractivity (Wildman–Crippen MR) is 73.6 cm³/mol. The molecule has 0 amide bonds. The molecule has 3 rings (SSSR count). The zero-order valence-electron chi connectivity index (χ0n) is 11.0. The van der Waals surface area contributed by atoms with Gasteiger partial charge in [-0.1, -0.05) is 30.3 Å². The van der Waals surface area contributed by atoms with E-state index < -0.39 is 0 Å². The molecule has 1 atom stereocenters. The van der Waals surface area contributed by atoms with E-state index in [1.54, 1.807) is 0 Å². The van der Waals surface area contributed by atoms with Crippen LogP contribution in [0.2, 0.25) is 0 Å². The van der Waals surface area contributed by atoms with Crippen molar-refractivity contribution in [2.24, 2.45) is 0 Å². The van der Waals surface area contributed by atoms with Crippen LogP contribution in [-0.4, -0.2) is 19.3 Å². The van der Waals surface area contributed by atoms with Crippen LogP contribution in [0.25, 0.3) is 11.3 Å². The van der Waals surface area contributed by atoms with Gasteiger partial charge in [-0.25, -0.2) is 0 Å². The summed E-state index contributed by atoms with van der Waals surface area (Å²) in [4.78, 5) is 0. The first-order chi connectivity index (χ1) is 9.42. The number of quaternary nitrogens is 1. The maximum Gasteiger partial charge on any atom is 0.158 e. The van der Waals surface area contributed by atoms with Crippen LogP contribution in [0.4, 0.5) is 0 Å². The van der Waals surface area contributed by atoms with Crippen molar-refractivity contribution in [3.63, 3.8) is 0 Å². The molecule has 1 aliphatic heterocycles. The zero-order valence-corrected chi connectivity index (χ0v) is 11.0. The predicted octanol–water partition coefficient (Wildman–Crippen LogP) is 2.19. The van der Waals surface area contributed by atoms with Gasteiger partial charge in [0.2, 0.25) is 0 Å². The number of hydrogen-bond donors (Lipinski definition) is 1. The average molecular weight is 258 g/mol. The van der Waals surface area contributed by atoms with Crippen LogP contribution in [0.15, 0.2) is 46.9 Å². The van der Waals surface area contributed by atoms with E-state index in [1.165, 1.54) is 12.8 Å². The molecule has 0 saturated carbocycles. The lowest BCUT2D eigenvalue weighted by Gasteiger charge is -2.06. The van der Waals surface area contributed by atoms with Crippen LogP contribution in [0.5, 0.6) is 0 Å². The number of ether oxygens (including phenoxy) is 1. The fraction of sp³-hybridized carbons (Fsp3) is 0.375. The van der Waals surface area contributed by atoms with Gasteiger partial charge in [0.1, 0.15) is 25.0 Å².